The normalized spacial score (nSPS) is 14.9. The number of ether oxygens (including phenoxy) is 3. The Hall–Kier alpha value is -3.58. The number of benzene rings is 3. The maximum Gasteiger partial charge on any atom is 0.417 e. The van der Waals surface area contributed by atoms with Gasteiger partial charge in [0.15, 0.2) is 21.3 Å². The van der Waals surface area contributed by atoms with Crippen molar-refractivity contribution in [1.82, 2.24) is 14.8 Å². The van der Waals surface area contributed by atoms with Gasteiger partial charge in [0.05, 0.1) is 40.5 Å². The number of halogens is 4. The van der Waals surface area contributed by atoms with E-state index in [1.807, 2.05) is 0 Å². The number of methoxy groups -OCH3 is 1. The Labute approximate surface area is 265 Å². The van der Waals surface area contributed by atoms with E-state index in [-0.39, 0.29) is 16.3 Å². The molecule has 3 aromatic carbocycles. The molecule has 2 heterocycles. The van der Waals surface area contributed by atoms with Crippen molar-refractivity contribution in [2.45, 2.75) is 23.2 Å². The summed E-state index contributed by atoms with van der Waals surface area (Å²) < 4.78 is 84.0. The van der Waals surface area contributed by atoms with Crippen LogP contribution in [0, 0.1) is 0 Å². The van der Waals surface area contributed by atoms with E-state index in [0.717, 1.165) is 57.3 Å². The Morgan fingerprint density at radius 1 is 0.933 bits per heavy atom. The number of fused-ring (bicyclic) bond motifs is 1. The topological polar surface area (TPSA) is 81.2 Å². The monoisotopic (exact) mass is 663 g/mol. The van der Waals surface area contributed by atoms with Crippen LogP contribution in [0.25, 0.3) is 10.9 Å². The van der Waals surface area contributed by atoms with Crippen molar-refractivity contribution in [3.8, 4) is 23.0 Å². The maximum atomic E-state index is 13.4. The SMILES string of the molecule is COc1cc2c(Oc3ccc(CS(=O)(=O)c4ccccc4C(F)(F)F)cc3Cl)ccnc2cc1OCCCN1CCN(C)CC1. The quantitative estimate of drug-likeness (QED) is 0.164. The number of piperazine rings is 1. The molecule has 0 amide bonds. The summed E-state index contributed by atoms with van der Waals surface area (Å²) >= 11 is 6.46. The fraction of sp³-hybridized carbons (Fsp3) is 0.344. The second kappa shape index (κ2) is 13.8. The fourth-order valence-electron chi connectivity index (χ4n) is 5.14. The van der Waals surface area contributed by atoms with Crippen LogP contribution in [0.5, 0.6) is 23.0 Å². The first-order valence-corrected chi connectivity index (χ1v) is 16.3. The lowest BCUT2D eigenvalue weighted by Crippen LogP contribution is -2.44. The van der Waals surface area contributed by atoms with Gasteiger partial charge in [-0.1, -0.05) is 29.8 Å². The zero-order valence-corrected chi connectivity index (χ0v) is 26.4. The Morgan fingerprint density at radius 3 is 2.40 bits per heavy atom. The van der Waals surface area contributed by atoms with E-state index in [1.165, 1.54) is 24.3 Å². The Kier molecular flexibility index (Phi) is 10.1. The third-order valence-corrected chi connectivity index (χ3v) is 9.59. The molecule has 13 heteroatoms. The van der Waals surface area contributed by atoms with Crippen molar-refractivity contribution in [2.24, 2.45) is 0 Å². The molecule has 0 radical (unpaired) electrons. The summed E-state index contributed by atoms with van der Waals surface area (Å²) in [7, 11) is -0.653. The molecule has 4 aromatic rings. The van der Waals surface area contributed by atoms with Crippen LogP contribution in [0.1, 0.15) is 17.5 Å². The van der Waals surface area contributed by atoms with E-state index < -0.39 is 32.2 Å². The predicted octanol–water partition coefficient (Wildman–Crippen LogP) is 6.70. The number of hydrogen-bond acceptors (Lipinski definition) is 8. The van der Waals surface area contributed by atoms with Crippen molar-refractivity contribution >= 4 is 32.3 Å². The summed E-state index contributed by atoms with van der Waals surface area (Å²) in [5.74, 6) is 1.04. The number of alkyl halides is 3. The molecule has 1 aliphatic rings. The van der Waals surface area contributed by atoms with Gasteiger partial charge >= 0.3 is 6.18 Å². The molecule has 8 nitrogen and oxygen atoms in total. The molecule has 0 spiro atoms. The van der Waals surface area contributed by atoms with E-state index in [4.69, 9.17) is 25.8 Å². The van der Waals surface area contributed by atoms with Crippen LogP contribution in [-0.2, 0) is 21.8 Å². The van der Waals surface area contributed by atoms with Gasteiger partial charge in [0.25, 0.3) is 0 Å². The van der Waals surface area contributed by atoms with Crippen molar-refractivity contribution in [3.05, 3.63) is 83.0 Å². The number of aromatic nitrogens is 1. The third-order valence-electron chi connectivity index (χ3n) is 7.56. The van der Waals surface area contributed by atoms with Crippen molar-refractivity contribution in [1.29, 1.82) is 0 Å². The summed E-state index contributed by atoms with van der Waals surface area (Å²) in [6.45, 7) is 5.69. The second-order valence-electron chi connectivity index (χ2n) is 10.8. The van der Waals surface area contributed by atoms with Crippen LogP contribution in [0.4, 0.5) is 13.2 Å². The van der Waals surface area contributed by atoms with Gasteiger partial charge in [0.1, 0.15) is 11.5 Å². The van der Waals surface area contributed by atoms with E-state index in [1.54, 1.807) is 31.5 Å². The van der Waals surface area contributed by atoms with Gasteiger partial charge in [-0.05, 0) is 55.4 Å². The highest BCUT2D eigenvalue weighted by molar-refractivity contribution is 7.90. The summed E-state index contributed by atoms with van der Waals surface area (Å²) in [5.41, 5.74) is -0.403. The standard InChI is InChI=1S/C32H33ClF3N3O5S/c1-38-13-15-39(16-14-38)12-5-17-43-30-20-26-23(19-29(30)42-2)27(10-11-37-26)44-28-9-8-22(18-25(28)33)21-45(40,41)31-7-4-3-6-24(31)32(34,35)36/h3-4,6-11,18-20H,5,12-17,21H2,1-2H3. The van der Waals surface area contributed by atoms with E-state index in [9.17, 15) is 21.6 Å². The molecule has 0 atom stereocenters. The Bertz CT molecular complexity index is 1760. The molecule has 1 saturated heterocycles. The number of sulfone groups is 1. The lowest BCUT2D eigenvalue weighted by Gasteiger charge is -2.32. The zero-order chi connectivity index (χ0) is 32.2. The molecule has 1 aliphatic heterocycles. The summed E-state index contributed by atoms with van der Waals surface area (Å²) in [6.07, 6.45) is -2.37. The molecular formula is C32H33ClF3N3O5S. The highest BCUT2D eigenvalue weighted by Gasteiger charge is 2.36. The first-order valence-electron chi connectivity index (χ1n) is 14.3. The van der Waals surface area contributed by atoms with Gasteiger partial charge in [0, 0.05) is 50.4 Å². The van der Waals surface area contributed by atoms with Crippen LogP contribution in [-0.4, -0.2) is 76.7 Å². The average molecular weight is 664 g/mol. The molecule has 0 unspecified atom stereocenters. The lowest BCUT2D eigenvalue weighted by atomic mass is 10.1. The van der Waals surface area contributed by atoms with Gasteiger partial charge in [-0.15, -0.1) is 0 Å². The van der Waals surface area contributed by atoms with Gasteiger partial charge in [-0.2, -0.15) is 13.2 Å². The maximum absolute atomic E-state index is 13.4. The van der Waals surface area contributed by atoms with Gasteiger partial charge < -0.3 is 24.0 Å². The molecule has 0 N–H and O–H groups in total. The Balaban J connectivity index is 1.29. The summed E-state index contributed by atoms with van der Waals surface area (Å²) in [6, 6.07) is 13.6. The van der Waals surface area contributed by atoms with Crippen molar-refractivity contribution < 1.29 is 35.8 Å². The minimum Gasteiger partial charge on any atom is -0.493 e. The van der Waals surface area contributed by atoms with Crippen molar-refractivity contribution in [3.63, 3.8) is 0 Å². The Morgan fingerprint density at radius 2 is 1.69 bits per heavy atom. The predicted molar refractivity (Wildman–Crippen MR) is 166 cm³/mol. The summed E-state index contributed by atoms with van der Waals surface area (Å²) in [4.78, 5) is 8.41. The molecule has 240 valence electrons. The number of hydrogen-bond donors (Lipinski definition) is 0. The van der Waals surface area contributed by atoms with Crippen LogP contribution in [0.15, 0.2) is 71.8 Å². The zero-order valence-electron chi connectivity index (χ0n) is 24.8. The molecule has 0 saturated carbocycles. The van der Waals surface area contributed by atoms with Gasteiger partial charge in [-0.25, -0.2) is 8.42 Å². The first kappa shape index (κ1) is 32.8. The van der Waals surface area contributed by atoms with Crippen LogP contribution < -0.4 is 14.2 Å². The van der Waals surface area contributed by atoms with Gasteiger partial charge in [0.2, 0.25) is 0 Å². The molecule has 45 heavy (non-hydrogen) atoms. The molecule has 0 aliphatic carbocycles. The van der Waals surface area contributed by atoms with E-state index in [0.29, 0.717) is 34.8 Å². The molecule has 0 bridgehead atoms. The largest absolute Gasteiger partial charge is 0.493 e. The highest BCUT2D eigenvalue weighted by Crippen LogP contribution is 2.39. The molecule has 5 rings (SSSR count). The van der Waals surface area contributed by atoms with Gasteiger partial charge in [-0.3, -0.25) is 4.98 Å². The minimum atomic E-state index is -4.81. The van der Waals surface area contributed by atoms with E-state index >= 15 is 0 Å². The molecule has 1 aromatic heterocycles. The number of nitrogens with zero attached hydrogens (tertiary/aromatic N) is 3. The lowest BCUT2D eigenvalue weighted by molar-refractivity contribution is -0.139. The fourth-order valence-corrected chi connectivity index (χ4v) is 6.96. The number of pyridine rings is 1. The first-order chi connectivity index (χ1) is 21.4. The third kappa shape index (κ3) is 7.99. The number of rotatable bonds is 11. The smallest absolute Gasteiger partial charge is 0.417 e. The molecule has 1 fully saturated rings. The van der Waals surface area contributed by atoms with E-state index in [2.05, 4.69) is 21.8 Å². The summed E-state index contributed by atoms with van der Waals surface area (Å²) in [5, 5.41) is 0.717. The van der Waals surface area contributed by atoms with Crippen molar-refractivity contribution in [2.75, 3.05) is 53.5 Å². The van der Waals surface area contributed by atoms with Crippen LogP contribution >= 0.6 is 11.6 Å². The second-order valence-corrected chi connectivity index (χ2v) is 13.2. The van der Waals surface area contributed by atoms with Crippen LogP contribution in [0.2, 0.25) is 5.02 Å². The highest BCUT2D eigenvalue weighted by atomic mass is 35.5. The molecular weight excluding hydrogens is 631 g/mol. The minimum absolute atomic E-state index is 0.0871. The van der Waals surface area contributed by atoms with Crippen LogP contribution in [0.3, 0.4) is 0 Å². The average Bonchev–Trinajstić information content (AvgIpc) is 3.00. The number of likely N-dealkylation sites (N-methyl/N-ethyl adjacent to an activating group) is 1.